The molecule has 1 spiro atoms. The summed E-state index contributed by atoms with van der Waals surface area (Å²) >= 11 is 0. The van der Waals surface area contributed by atoms with Gasteiger partial charge in [-0.25, -0.2) is 4.79 Å². The highest BCUT2D eigenvalue weighted by Crippen LogP contribution is 2.51. The molecule has 1 atom stereocenters. The van der Waals surface area contributed by atoms with Crippen molar-refractivity contribution in [1.29, 1.82) is 0 Å². The van der Waals surface area contributed by atoms with Crippen LogP contribution < -0.4 is 10.6 Å². The van der Waals surface area contributed by atoms with Crippen LogP contribution in [0.3, 0.4) is 0 Å². The van der Waals surface area contributed by atoms with E-state index in [0.717, 1.165) is 5.56 Å². The van der Waals surface area contributed by atoms with E-state index in [9.17, 15) is 35.9 Å². The maximum absolute atomic E-state index is 13.2. The molecule has 2 aromatic carbocycles. The summed E-state index contributed by atoms with van der Waals surface area (Å²) in [4.78, 5) is 23.8. The molecule has 0 radical (unpaired) electrons. The summed E-state index contributed by atoms with van der Waals surface area (Å²) in [6.07, 6.45) is -8.53. The van der Waals surface area contributed by atoms with Gasteiger partial charge < -0.3 is 10.1 Å². The maximum atomic E-state index is 13.2. The molecule has 1 heterocycles. The molecule has 2 fully saturated rings. The minimum absolute atomic E-state index is 0.0427. The van der Waals surface area contributed by atoms with Crippen molar-refractivity contribution in [3.05, 3.63) is 70.8 Å². The first-order valence-corrected chi connectivity index (χ1v) is 10.4. The topological polar surface area (TPSA) is 67.4 Å². The molecule has 11 heteroatoms. The first-order valence-electron chi connectivity index (χ1n) is 10.4. The number of alkyl halides is 6. The molecule has 4 rings (SSSR count). The third-order valence-corrected chi connectivity index (χ3v) is 6.15. The lowest BCUT2D eigenvalue weighted by Gasteiger charge is -2.49. The number of urea groups is 1. The van der Waals surface area contributed by atoms with Crippen molar-refractivity contribution < 1.29 is 40.7 Å². The molecule has 2 N–H and O–H groups in total. The van der Waals surface area contributed by atoms with Gasteiger partial charge >= 0.3 is 18.4 Å². The molecular weight excluding hydrogens is 478 g/mol. The Morgan fingerprint density at radius 3 is 2.00 bits per heavy atom. The quantitative estimate of drug-likeness (QED) is 0.354. The molecule has 2 aromatic rings. The van der Waals surface area contributed by atoms with Crippen LogP contribution in [0.1, 0.15) is 48.1 Å². The van der Waals surface area contributed by atoms with E-state index in [2.05, 4.69) is 22.7 Å². The fourth-order valence-electron chi connectivity index (χ4n) is 4.37. The molecule has 1 saturated heterocycles. The fraction of sp³-hybridized carbons (Fsp3) is 0.333. The van der Waals surface area contributed by atoms with Gasteiger partial charge in [-0.15, -0.1) is 0 Å². The van der Waals surface area contributed by atoms with Crippen molar-refractivity contribution in [1.82, 2.24) is 10.6 Å². The summed E-state index contributed by atoms with van der Waals surface area (Å²) in [6, 6.07) is 9.40. The van der Waals surface area contributed by atoms with Gasteiger partial charge in [-0.05, 0) is 42.2 Å². The van der Waals surface area contributed by atoms with Gasteiger partial charge in [-0.2, -0.15) is 26.3 Å². The van der Waals surface area contributed by atoms with Crippen molar-refractivity contribution in [3.8, 4) is 12.0 Å². The average Bonchev–Trinajstić information content (AvgIpc) is 3.05. The minimum atomic E-state index is -4.98. The molecule has 1 aliphatic carbocycles. The maximum Gasteiger partial charge on any atom is 0.416 e. The molecule has 184 valence electrons. The van der Waals surface area contributed by atoms with E-state index in [4.69, 9.17) is 4.74 Å². The highest BCUT2D eigenvalue weighted by atomic mass is 19.4. The summed E-state index contributed by atoms with van der Waals surface area (Å²) < 4.78 is 84.3. The van der Waals surface area contributed by atoms with E-state index in [1.54, 1.807) is 30.3 Å². The molecule has 3 amide bonds. The van der Waals surface area contributed by atoms with Gasteiger partial charge in [0.1, 0.15) is 17.7 Å². The van der Waals surface area contributed by atoms with Crippen LogP contribution in [-0.4, -0.2) is 17.5 Å². The summed E-state index contributed by atoms with van der Waals surface area (Å²) in [5.74, 6) is 2.39. The number of carbonyl (C=O) groups excluding carboxylic acids is 2. The molecule has 0 aromatic heterocycles. The van der Waals surface area contributed by atoms with E-state index in [-0.39, 0.29) is 24.5 Å². The molecular formula is C24H18F6N2O3. The smallest absolute Gasteiger partial charge is 0.416 e. The van der Waals surface area contributed by atoms with E-state index >= 15 is 0 Å². The Bertz CT molecular complexity index is 1190. The first kappa shape index (κ1) is 24.4. The van der Waals surface area contributed by atoms with Crippen LogP contribution in [0, 0.1) is 12.0 Å². The lowest BCUT2D eigenvalue weighted by atomic mass is 9.55. The number of nitrogens with one attached hydrogen (secondary N) is 2. The van der Waals surface area contributed by atoms with Crippen LogP contribution in [0.4, 0.5) is 31.1 Å². The summed E-state index contributed by atoms with van der Waals surface area (Å²) in [5, 5.41) is 4.76. The van der Waals surface area contributed by atoms with Crippen LogP contribution in [0.25, 0.3) is 0 Å². The number of halogens is 6. The number of rotatable bonds is 3. The van der Waals surface area contributed by atoms with E-state index in [1.807, 2.05) is 0 Å². The number of hydrogen-bond donors (Lipinski definition) is 2. The molecule has 0 bridgehead atoms. The van der Waals surface area contributed by atoms with E-state index in [1.165, 1.54) is 6.92 Å². The van der Waals surface area contributed by atoms with Crippen molar-refractivity contribution >= 4 is 11.9 Å². The Balaban J connectivity index is 1.61. The van der Waals surface area contributed by atoms with Gasteiger partial charge in [0.25, 0.3) is 5.91 Å². The van der Waals surface area contributed by atoms with Crippen molar-refractivity contribution in [2.75, 3.05) is 0 Å². The number of carbonyl (C=O) groups is 2. The van der Waals surface area contributed by atoms with Gasteiger partial charge in [0.15, 0.2) is 0 Å². The lowest BCUT2D eigenvalue weighted by molar-refractivity contribution is -0.143. The van der Waals surface area contributed by atoms with Crippen LogP contribution in [0.15, 0.2) is 48.5 Å². The van der Waals surface area contributed by atoms with Gasteiger partial charge in [0.05, 0.1) is 16.5 Å². The van der Waals surface area contributed by atoms with Gasteiger partial charge in [0, 0.05) is 12.8 Å². The van der Waals surface area contributed by atoms with Gasteiger partial charge in [-0.3, -0.25) is 10.1 Å². The summed E-state index contributed by atoms with van der Waals surface area (Å²) in [5.41, 5.74) is -4.58. The standard InChI is InChI=1S/C24H18F6N2O3/c1-14(15-9-17(23(25,26)27)11-18(10-15)24(28,29)30)35-8-7-21(16-5-3-2-4-6-16)12-22(13-21)19(33)31-20(34)32-22/h2-6,9-11,14H,12-13H2,1H3,(H2,31,32,33,34)/t14-,21?,22?/m1/s1. The SMILES string of the molecule is C[C@@H](OC#CC1(c2ccccc2)CC2(C1)NC(=O)NC2=O)c1cc(C(F)(F)F)cc(C(F)(F)F)c1. The second kappa shape index (κ2) is 8.22. The third-order valence-electron chi connectivity index (χ3n) is 6.15. The second-order valence-electron chi connectivity index (χ2n) is 8.62. The average molecular weight is 496 g/mol. The number of benzene rings is 2. The Morgan fingerprint density at radius 2 is 1.51 bits per heavy atom. The monoisotopic (exact) mass is 496 g/mol. The van der Waals surface area contributed by atoms with Crippen molar-refractivity contribution in [2.45, 2.75) is 49.2 Å². The Labute approximate surface area is 195 Å². The predicted molar refractivity (Wildman–Crippen MR) is 110 cm³/mol. The van der Waals surface area contributed by atoms with E-state index < -0.39 is 52.5 Å². The number of amides is 3. The largest absolute Gasteiger partial charge is 0.439 e. The van der Waals surface area contributed by atoms with Crippen LogP contribution in [0.5, 0.6) is 0 Å². The molecule has 1 aliphatic heterocycles. The zero-order chi connectivity index (χ0) is 25.6. The molecule has 0 unspecified atom stereocenters. The Kier molecular flexibility index (Phi) is 5.74. The van der Waals surface area contributed by atoms with E-state index in [0.29, 0.717) is 12.1 Å². The highest BCUT2D eigenvalue weighted by molar-refractivity contribution is 6.08. The number of imide groups is 1. The lowest BCUT2D eigenvalue weighted by Crippen LogP contribution is -2.63. The van der Waals surface area contributed by atoms with Crippen LogP contribution >= 0.6 is 0 Å². The zero-order valence-electron chi connectivity index (χ0n) is 18.1. The molecule has 5 nitrogen and oxygen atoms in total. The van der Waals surface area contributed by atoms with Crippen molar-refractivity contribution in [2.24, 2.45) is 0 Å². The van der Waals surface area contributed by atoms with Gasteiger partial charge in [0.2, 0.25) is 0 Å². The summed E-state index contributed by atoms with van der Waals surface area (Å²) in [7, 11) is 0. The predicted octanol–water partition coefficient (Wildman–Crippen LogP) is 5.07. The normalized spacial score (nSPS) is 24.7. The summed E-state index contributed by atoms with van der Waals surface area (Å²) in [6.45, 7) is 1.28. The third kappa shape index (κ3) is 4.65. The van der Waals surface area contributed by atoms with Crippen LogP contribution in [-0.2, 0) is 27.3 Å². The number of ether oxygens (including phenoxy) is 1. The molecule has 35 heavy (non-hydrogen) atoms. The molecule has 1 saturated carbocycles. The molecule has 2 aliphatic rings. The fourth-order valence-corrected chi connectivity index (χ4v) is 4.37. The second-order valence-corrected chi connectivity index (χ2v) is 8.62. The van der Waals surface area contributed by atoms with Gasteiger partial charge in [-0.1, -0.05) is 30.3 Å². The van der Waals surface area contributed by atoms with Crippen molar-refractivity contribution in [3.63, 3.8) is 0 Å². The Morgan fingerprint density at radius 1 is 0.943 bits per heavy atom. The first-order chi connectivity index (χ1) is 16.2. The zero-order valence-corrected chi connectivity index (χ0v) is 18.1. The Hall–Kier alpha value is -3.68. The van der Waals surface area contributed by atoms with Crippen LogP contribution in [0.2, 0.25) is 0 Å². The minimum Gasteiger partial charge on any atom is -0.439 e. The highest BCUT2D eigenvalue weighted by Gasteiger charge is 2.63. The number of hydrogen-bond acceptors (Lipinski definition) is 3.